The van der Waals surface area contributed by atoms with Gasteiger partial charge in [-0.15, -0.1) is 21.5 Å². The van der Waals surface area contributed by atoms with Gasteiger partial charge in [0.15, 0.2) is 0 Å². The lowest BCUT2D eigenvalue weighted by atomic mass is 10.2. The van der Waals surface area contributed by atoms with Gasteiger partial charge in [0.2, 0.25) is 0 Å². The highest BCUT2D eigenvalue weighted by Gasteiger charge is 2.08. The van der Waals surface area contributed by atoms with Gasteiger partial charge in [0.1, 0.15) is 12.2 Å². The third kappa shape index (κ3) is 2.40. The van der Waals surface area contributed by atoms with Gasteiger partial charge in [-0.1, -0.05) is 0 Å². The molecule has 0 amide bonds. The van der Waals surface area contributed by atoms with E-state index in [-0.39, 0.29) is 6.04 Å². The molecule has 0 fully saturated rings. The van der Waals surface area contributed by atoms with Crippen molar-refractivity contribution in [2.75, 3.05) is 0 Å². The Kier molecular flexibility index (Phi) is 3.08. The standard InChI is InChI=1S/C9H13N5S/c1-7(8-4-15-6-11-8)10-3-9-13-12-5-14(9)2/h4-7,10H,3H2,1-2H3. The second-order valence-electron chi connectivity index (χ2n) is 3.37. The highest BCUT2D eigenvalue weighted by molar-refractivity contribution is 7.07. The zero-order valence-electron chi connectivity index (χ0n) is 8.71. The lowest BCUT2D eigenvalue weighted by molar-refractivity contribution is 0.540. The minimum atomic E-state index is 0.243. The third-order valence-corrected chi connectivity index (χ3v) is 2.87. The molecule has 1 atom stereocenters. The smallest absolute Gasteiger partial charge is 0.146 e. The van der Waals surface area contributed by atoms with E-state index < -0.39 is 0 Å². The van der Waals surface area contributed by atoms with Crippen molar-refractivity contribution < 1.29 is 0 Å². The van der Waals surface area contributed by atoms with Crippen molar-refractivity contribution >= 4 is 11.3 Å². The van der Waals surface area contributed by atoms with E-state index in [1.807, 2.05) is 22.5 Å². The van der Waals surface area contributed by atoms with Gasteiger partial charge >= 0.3 is 0 Å². The monoisotopic (exact) mass is 223 g/mol. The van der Waals surface area contributed by atoms with Gasteiger partial charge in [-0.25, -0.2) is 4.98 Å². The van der Waals surface area contributed by atoms with Crippen LogP contribution in [0.25, 0.3) is 0 Å². The summed E-state index contributed by atoms with van der Waals surface area (Å²) >= 11 is 1.61. The number of aryl methyl sites for hydroxylation is 1. The van der Waals surface area contributed by atoms with Crippen LogP contribution in [-0.2, 0) is 13.6 Å². The summed E-state index contributed by atoms with van der Waals surface area (Å²) in [7, 11) is 1.94. The summed E-state index contributed by atoms with van der Waals surface area (Å²) < 4.78 is 1.90. The first-order chi connectivity index (χ1) is 7.27. The fraction of sp³-hybridized carbons (Fsp3) is 0.444. The summed E-state index contributed by atoms with van der Waals surface area (Å²) in [6.45, 7) is 2.79. The predicted molar refractivity (Wildman–Crippen MR) is 58.4 cm³/mol. The fourth-order valence-corrected chi connectivity index (χ4v) is 1.90. The van der Waals surface area contributed by atoms with Gasteiger partial charge < -0.3 is 9.88 Å². The molecule has 0 saturated heterocycles. The van der Waals surface area contributed by atoms with Crippen LogP contribution in [0.1, 0.15) is 24.5 Å². The summed E-state index contributed by atoms with van der Waals surface area (Å²) in [4.78, 5) is 4.25. The molecule has 5 nitrogen and oxygen atoms in total. The van der Waals surface area contributed by atoms with Crippen LogP contribution < -0.4 is 5.32 Å². The van der Waals surface area contributed by atoms with E-state index in [9.17, 15) is 0 Å². The van der Waals surface area contributed by atoms with E-state index in [1.54, 1.807) is 17.7 Å². The SMILES string of the molecule is CC(NCc1nncn1C)c1cscn1. The van der Waals surface area contributed by atoms with Crippen molar-refractivity contribution in [3.8, 4) is 0 Å². The minimum Gasteiger partial charge on any atom is -0.320 e. The molecule has 0 saturated carbocycles. The van der Waals surface area contributed by atoms with Crippen LogP contribution in [0.3, 0.4) is 0 Å². The maximum Gasteiger partial charge on any atom is 0.146 e. The average Bonchev–Trinajstić information content (AvgIpc) is 2.85. The number of aromatic nitrogens is 4. The van der Waals surface area contributed by atoms with Crippen molar-refractivity contribution in [3.63, 3.8) is 0 Å². The molecule has 2 aromatic rings. The number of nitrogens with one attached hydrogen (secondary N) is 1. The van der Waals surface area contributed by atoms with E-state index >= 15 is 0 Å². The Labute approximate surface area is 92.2 Å². The van der Waals surface area contributed by atoms with Gasteiger partial charge in [-0.2, -0.15) is 0 Å². The molecular formula is C9H13N5S. The molecule has 2 aromatic heterocycles. The van der Waals surface area contributed by atoms with Crippen LogP contribution in [0.5, 0.6) is 0 Å². The Morgan fingerprint density at radius 2 is 2.47 bits per heavy atom. The number of rotatable bonds is 4. The van der Waals surface area contributed by atoms with Crippen molar-refractivity contribution in [2.45, 2.75) is 19.5 Å². The summed E-state index contributed by atoms with van der Waals surface area (Å²) in [5, 5.41) is 13.2. The molecule has 2 rings (SSSR count). The van der Waals surface area contributed by atoms with Crippen LogP contribution in [0.2, 0.25) is 0 Å². The highest BCUT2D eigenvalue weighted by Crippen LogP contribution is 2.12. The molecule has 2 heterocycles. The first-order valence-electron chi connectivity index (χ1n) is 4.71. The number of hydrogen-bond acceptors (Lipinski definition) is 5. The van der Waals surface area contributed by atoms with Crippen LogP contribution in [0.4, 0.5) is 0 Å². The van der Waals surface area contributed by atoms with Gasteiger partial charge in [-0.05, 0) is 6.92 Å². The molecule has 0 aromatic carbocycles. The van der Waals surface area contributed by atoms with E-state index in [0.29, 0.717) is 6.54 Å². The zero-order chi connectivity index (χ0) is 10.7. The third-order valence-electron chi connectivity index (χ3n) is 2.27. The molecule has 15 heavy (non-hydrogen) atoms. The number of hydrogen-bond donors (Lipinski definition) is 1. The van der Waals surface area contributed by atoms with Crippen LogP contribution >= 0.6 is 11.3 Å². The van der Waals surface area contributed by atoms with Gasteiger partial charge in [0.05, 0.1) is 17.7 Å². The Morgan fingerprint density at radius 1 is 1.60 bits per heavy atom. The molecule has 0 aliphatic rings. The molecule has 6 heteroatoms. The second kappa shape index (κ2) is 4.50. The van der Waals surface area contributed by atoms with E-state index in [1.165, 1.54) is 0 Å². The Morgan fingerprint density at radius 3 is 3.07 bits per heavy atom. The van der Waals surface area contributed by atoms with Crippen LogP contribution in [0, 0.1) is 0 Å². The zero-order valence-corrected chi connectivity index (χ0v) is 9.53. The lowest BCUT2D eigenvalue weighted by Crippen LogP contribution is -2.20. The maximum atomic E-state index is 4.25. The van der Waals surface area contributed by atoms with Gasteiger partial charge in [-0.3, -0.25) is 0 Å². The molecule has 0 radical (unpaired) electrons. The quantitative estimate of drug-likeness (QED) is 0.844. The first-order valence-corrected chi connectivity index (χ1v) is 5.66. The topological polar surface area (TPSA) is 55.6 Å². The van der Waals surface area contributed by atoms with Crippen LogP contribution in [-0.4, -0.2) is 19.7 Å². The Balaban J connectivity index is 1.91. The van der Waals surface area contributed by atoms with Crippen molar-refractivity contribution in [1.82, 2.24) is 25.1 Å². The molecule has 1 N–H and O–H groups in total. The van der Waals surface area contributed by atoms with Crippen molar-refractivity contribution in [2.24, 2.45) is 7.05 Å². The lowest BCUT2D eigenvalue weighted by Gasteiger charge is -2.10. The second-order valence-corrected chi connectivity index (χ2v) is 4.09. The highest BCUT2D eigenvalue weighted by atomic mass is 32.1. The molecule has 1 unspecified atom stereocenters. The summed E-state index contributed by atoms with van der Waals surface area (Å²) in [5.74, 6) is 0.928. The van der Waals surface area contributed by atoms with E-state index in [0.717, 1.165) is 11.5 Å². The molecule has 0 bridgehead atoms. The van der Waals surface area contributed by atoms with E-state index in [2.05, 4.69) is 27.4 Å². The van der Waals surface area contributed by atoms with E-state index in [4.69, 9.17) is 0 Å². The predicted octanol–water partition coefficient (Wildman–Crippen LogP) is 1.12. The average molecular weight is 223 g/mol. The molecule has 80 valence electrons. The minimum absolute atomic E-state index is 0.243. The van der Waals surface area contributed by atoms with Gasteiger partial charge in [0, 0.05) is 18.5 Å². The summed E-state index contributed by atoms with van der Waals surface area (Å²) in [5.41, 5.74) is 2.91. The van der Waals surface area contributed by atoms with Crippen molar-refractivity contribution in [1.29, 1.82) is 0 Å². The first kappa shape index (κ1) is 10.3. The maximum absolute atomic E-state index is 4.25. The number of thiazole rings is 1. The van der Waals surface area contributed by atoms with Gasteiger partial charge in [0.25, 0.3) is 0 Å². The summed E-state index contributed by atoms with van der Waals surface area (Å²) in [6.07, 6.45) is 1.70. The van der Waals surface area contributed by atoms with Crippen molar-refractivity contribution in [3.05, 3.63) is 28.7 Å². The molecule has 0 aliphatic carbocycles. The van der Waals surface area contributed by atoms with Crippen LogP contribution in [0.15, 0.2) is 17.2 Å². The molecule has 0 aliphatic heterocycles. The normalized spacial score (nSPS) is 12.9. The fourth-order valence-electron chi connectivity index (χ4n) is 1.25. The summed E-state index contributed by atoms with van der Waals surface area (Å²) in [6, 6.07) is 0.243. The number of nitrogens with zero attached hydrogens (tertiary/aromatic N) is 4. The molecule has 0 spiro atoms. The largest absolute Gasteiger partial charge is 0.320 e. The Bertz CT molecular complexity index is 408. The Hall–Kier alpha value is -1.27. The molecular weight excluding hydrogens is 210 g/mol.